The maximum Gasteiger partial charge on any atom is 0.292 e. The number of nitrogens with zero attached hydrogens (tertiary/aromatic N) is 2. The van der Waals surface area contributed by atoms with Gasteiger partial charge >= 0.3 is 0 Å². The first-order valence-corrected chi connectivity index (χ1v) is 7.94. The fourth-order valence-corrected chi connectivity index (χ4v) is 3.48. The van der Waals surface area contributed by atoms with E-state index in [-0.39, 0.29) is 28.5 Å². The summed E-state index contributed by atoms with van der Waals surface area (Å²) in [5.74, 6) is 0.467. The average molecular weight is 303 g/mol. The molecule has 2 fully saturated rings. The first-order valence-electron chi connectivity index (χ1n) is 7.94. The lowest BCUT2D eigenvalue weighted by atomic mass is 10.1. The van der Waals surface area contributed by atoms with E-state index in [0.29, 0.717) is 12.2 Å². The number of hydrogen-bond donors (Lipinski definition) is 1. The second kappa shape index (κ2) is 6.34. The van der Waals surface area contributed by atoms with Gasteiger partial charge in [0.15, 0.2) is 0 Å². The van der Waals surface area contributed by atoms with Crippen LogP contribution >= 0.6 is 0 Å². The van der Waals surface area contributed by atoms with E-state index in [0.717, 1.165) is 38.6 Å². The maximum atomic E-state index is 12.4. The molecular formula is C16H21N3O3. The van der Waals surface area contributed by atoms with Crippen molar-refractivity contribution in [3.8, 4) is 0 Å². The quantitative estimate of drug-likeness (QED) is 0.685. The highest BCUT2D eigenvalue weighted by atomic mass is 16.6. The van der Waals surface area contributed by atoms with Crippen LogP contribution < -0.4 is 5.32 Å². The van der Waals surface area contributed by atoms with Crippen LogP contribution in [0.1, 0.15) is 32.1 Å². The molecule has 1 heterocycles. The zero-order valence-corrected chi connectivity index (χ0v) is 12.5. The van der Waals surface area contributed by atoms with Gasteiger partial charge in [-0.3, -0.25) is 14.9 Å². The molecule has 6 heteroatoms. The van der Waals surface area contributed by atoms with Crippen LogP contribution in [0.25, 0.3) is 0 Å². The Morgan fingerprint density at radius 2 is 1.95 bits per heavy atom. The molecule has 1 unspecified atom stereocenters. The van der Waals surface area contributed by atoms with Crippen LogP contribution in [0.5, 0.6) is 0 Å². The Hall–Kier alpha value is -2.11. The summed E-state index contributed by atoms with van der Waals surface area (Å²) in [7, 11) is 0. The van der Waals surface area contributed by atoms with E-state index in [4.69, 9.17) is 0 Å². The Morgan fingerprint density at radius 1 is 1.23 bits per heavy atom. The number of nitro groups is 1. The highest BCUT2D eigenvalue weighted by Gasteiger charge is 2.32. The number of likely N-dealkylation sites (tertiary alicyclic amines) is 1. The van der Waals surface area contributed by atoms with Crippen molar-refractivity contribution in [2.75, 3.05) is 18.4 Å². The van der Waals surface area contributed by atoms with Crippen molar-refractivity contribution in [2.24, 2.45) is 5.92 Å². The fraction of sp³-hybridized carbons (Fsp3) is 0.562. The van der Waals surface area contributed by atoms with Crippen LogP contribution in [-0.4, -0.2) is 34.9 Å². The summed E-state index contributed by atoms with van der Waals surface area (Å²) < 4.78 is 0. The van der Waals surface area contributed by atoms with E-state index in [9.17, 15) is 14.9 Å². The van der Waals surface area contributed by atoms with Gasteiger partial charge in [-0.15, -0.1) is 0 Å². The van der Waals surface area contributed by atoms with Gasteiger partial charge in [0, 0.05) is 31.1 Å². The van der Waals surface area contributed by atoms with Crippen molar-refractivity contribution in [3.63, 3.8) is 0 Å². The molecule has 0 spiro atoms. The molecule has 0 bridgehead atoms. The van der Waals surface area contributed by atoms with E-state index in [1.807, 2.05) is 4.90 Å². The zero-order valence-electron chi connectivity index (χ0n) is 12.5. The molecule has 1 N–H and O–H groups in total. The number of carbonyl (C=O) groups is 1. The third-order valence-corrected chi connectivity index (χ3v) is 4.66. The summed E-state index contributed by atoms with van der Waals surface area (Å²) in [6.45, 7) is 1.38. The van der Waals surface area contributed by atoms with E-state index < -0.39 is 0 Å². The summed E-state index contributed by atoms with van der Waals surface area (Å²) in [4.78, 5) is 25.0. The highest BCUT2D eigenvalue weighted by molar-refractivity contribution is 5.79. The Morgan fingerprint density at radius 3 is 2.68 bits per heavy atom. The van der Waals surface area contributed by atoms with Crippen LogP contribution in [0, 0.1) is 16.0 Å². The minimum atomic E-state index is -0.376. The Labute approximate surface area is 129 Å². The number of amides is 1. The van der Waals surface area contributed by atoms with Crippen LogP contribution in [0.15, 0.2) is 24.3 Å². The molecule has 1 aromatic carbocycles. The van der Waals surface area contributed by atoms with Gasteiger partial charge in [-0.1, -0.05) is 25.0 Å². The number of benzene rings is 1. The largest absolute Gasteiger partial charge is 0.375 e. The highest BCUT2D eigenvalue weighted by Crippen LogP contribution is 2.29. The van der Waals surface area contributed by atoms with E-state index in [1.165, 1.54) is 6.07 Å². The first kappa shape index (κ1) is 14.8. The number of para-hydroxylation sites is 2. The second-order valence-electron chi connectivity index (χ2n) is 6.17. The monoisotopic (exact) mass is 303 g/mol. The van der Waals surface area contributed by atoms with Crippen LogP contribution in [-0.2, 0) is 4.79 Å². The Kier molecular flexibility index (Phi) is 4.27. The molecule has 2 aliphatic rings. The van der Waals surface area contributed by atoms with Crippen molar-refractivity contribution < 1.29 is 9.72 Å². The Bertz CT molecular complexity index is 570. The summed E-state index contributed by atoms with van der Waals surface area (Å²) in [6.07, 6.45) is 5.17. The van der Waals surface area contributed by atoms with Crippen LogP contribution in [0.2, 0.25) is 0 Å². The molecule has 1 saturated heterocycles. The summed E-state index contributed by atoms with van der Waals surface area (Å²) in [6, 6.07) is 6.75. The number of nitro benzene ring substituents is 1. The minimum Gasteiger partial charge on any atom is -0.375 e. The van der Waals surface area contributed by atoms with E-state index in [2.05, 4.69) is 5.32 Å². The van der Waals surface area contributed by atoms with E-state index >= 15 is 0 Å². The summed E-state index contributed by atoms with van der Waals surface area (Å²) in [5.41, 5.74) is 0.621. The molecule has 0 radical (unpaired) electrons. The fourth-order valence-electron chi connectivity index (χ4n) is 3.48. The van der Waals surface area contributed by atoms with Crippen molar-refractivity contribution in [2.45, 2.75) is 38.1 Å². The predicted molar refractivity (Wildman–Crippen MR) is 83.7 cm³/mol. The van der Waals surface area contributed by atoms with Gasteiger partial charge in [-0.25, -0.2) is 0 Å². The molecule has 1 atom stereocenters. The predicted octanol–water partition coefficient (Wildman–Crippen LogP) is 2.80. The van der Waals surface area contributed by atoms with Crippen molar-refractivity contribution in [3.05, 3.63) is 34.4 Å². The second-order valence-corrected chi connectivity index (χ2v) is 6.17. The molecule has 1 aliphatic heterocycles. The number of anilines is 1. The number of hydrogen-bond acceptors (Lipinski definition) is 4. The lowest BCUT2D eigenvalue weighted by Crippen LogP contribution is -2.35. The SMILES string of the molecule is O=C(C1CCCC1)N1CCC(Nc2ccccc2[N+](=O)[O-])C1. The third-order valence-electron chi connectivity index (χ3n) is 4.66. The number of nitrogens with one attached hydrogen (secondary N) is 1. The first-order chi connectivity index (χ1) is 10.6. The molecule has 1 saturated carbocycles. The van der Waals surface area contributed by atoms with Gasteiger partial charge in [0.05, 0.1) is 4.92 Å². The minimum absolute atomic E-state index is 0.0862. The van der Waals surface area contributed by atoms with Gasteiger partial charge in [0.1, 0.15) is 5.69 Å². The van der Waals surface area contributed by atoms with Crippen molar-refractivity contribution in [1.82, 2.24) is 4.90 Å². The molecule has 0 aromatic heterocycles. The van der Waals surface area contributed by atoms with E-state index in [1.54, 1.807) is 18.2 Å². The van der Waals surface area contributed by atoms with Crippen molar-refractivity contribution in [1.29, 1.82) is 0 Å². The number of rotatable bonds is 4. The lowest BCUT2D eigenvalue weighted by molar-refractivity contribution is -0.384. The van der Waals surface area contributed by atoms with Crippen molar-refractivity contribution >= 4 is 17.3 Å². The third kappa shape index (κ3) is 3.05. The molecular weight excluding hydrogens is 282 g/mol. The normalized spacial score (nSPS) is 22.0. The van der Waals surface area contributed by atoms with Gasteiger partial charge in [0.2, 0.25) is 5.91 Å². The molecule has 6 nitrogen and oxygen atoms in total. The topological polar surface area (TPSA) is 75.5 Å². The summed E-state index contributed by atoms with van der Waals surface area (Å²) in [5, 5.41) is 14.3. The molecule has 1 aromatic rings. The number of carbonyl (C=O) groups excluding carboxylic acids is 1. The van der Waals surface area contributed by atoms with Gasteiger partial charge in [-0.2, -0.15) is 0 Å². The van der Waals surface area contributed by atoms with Gasteiger partial charge in [0.25, 0.3) is 5.69 Å². The molecule has 1 amide bonds. The molecule has 22 heavy (non-hydrogen) atoms. The smallest absolute Gasteiger partial charge is 0.292 e. The molecule has 118 valence electrons. The molecule has 1 aliphatic carbocycles. The Balaban J connectivity index is 1.61. The zero-order chi connectivity index (χ0) is 15.5. The maximum absolute atomic E-state index is 12.4. The van der Waals surface area contributed by atoms with Gasteiger partial charge < -0.3 is 10.2 Å². The lowest BCUT2D eigenvalue weighted by Gasteiger charge is -2.21. The standard InChI is InChI=1S/C16H21N3O3/c20-16(12-5-1-2-6-12)18-10-9-13(11-18)17-14-7-3-4-8-15(14)19(21)22/h3-4,7-8,12-13,17H,1-2,5-6,9-11H2. The average Bonchev–Trinajstić information content (AvgIpc) is 3.18. The van der Waals surface area contributed by atoms with Crippen LogP contribution in [0.3, 0.4) is 0 Å². The molecule has 3 rings (SSSR count). The summed E-state index contributed by atoms with van der Waals surface area (Å²) >= 11 is 0. The van der Waals surface area contributed by atoms with Crippen LogP contribution in [0.4, 0.5) is 11.4 Å². The van der Waals surface area contributed by atoms with Gasteiger partial charge in [-0.05, 0) is 25.3 Å².